The number of anilines is 4. The van der Waals surface area contributed by atoms with Crippen LogP contribution in [-0.2, 0) is 0 Å². The number of benzene rings is 2. The number of nitrogens with zero attached hydrogens (tertiary/aromatic N) is 2. The highest BCUT2D eigenvalue weighted by atomic mass is 15.2. The Morgan fingerprint density at radius 1 is 0.862 bits per heavy atom. The summed E-state index contributed by atoms with van der Waals surface area (Å²) in [6, 6.07) is 18.2. The Kier molecular flexibility index (Phi) is 6.81. The molecule has 156 valence electrons. The van der Waals surface area contributed by atoms with E-state index in [9.17, 15) is 0 Å². The molecule has 0 aromatic heterocycles. The van der Waals surface area contributed by atoms with Crippen LogP contribution in [-0.4, -0.2) is 38.8 Å². The van der Waals surface area contributed by atoms with Crippen molar-refractivity contribution in [3.05, 3.63) is 48.5 Å². The minimum Gasteiger partial charge on any atom is -0.383 e. The van der Waals surface area contributed by atoms with Gasteiger partial charge in [0.1, 0.15) is 0 Å². The second-order valence-corrected chi connectivity index (χ2v) is 8.41. The number of rotatable bonds is 7. The monoisotopic (exact) mass is 392 g/mol. The van der Waals surface area contributed by atoms with Gasteiger partial charge in [-0.25, -0.2) is 0 Å². The number of para-hydroxylation sites is 4. The van der Waals surface area contributed by atoms with Crippen LogP contribution in [0.5, 0.6) is 0 Å². The van der Waals surface area contributed by atoms with Crippen LogP contribution in [0.3, 0.4) is 0 Å². The van der Waals surface area contributed by atoms with Crippen molar-refractivity contribution in [3.63, 3.8) is 0 Å². The van der Waals surface area contributed by atoms with Gasteiger partial charge in [0, 0.05) is 38.8 Å². The second kappa shape index (κ2) is 9.91. The fraction of sp³-hybridized carbons (Fsp3) is 0.520. The molecule has 1 unspecified atom stereocenters. The summed E-state index contributed by atoms with van der Waals surface area (Å²) >= 11 is 0. The summed E-state index contributed by atoms with van der Waals surface area (Å²) in [5.74, 6) is 0. The van der Waals surface area contributed by atoms with Crippen molar-refractivity contribution in [2.24, 2.45) is 0 Å². The van der Waals surface area contributed by atoms with Crippen LogP contribution in [0.15, 0.2) is 48.5 Å². The average Bonchev–Trinajstić information content (AvgIpc) is 3.06. The summed E-state index contributed by atoms with van der Waals surface area (Å²) in [5, 5.41) is 7.31. The molecule has 2 aliphatic rings. The van der Waals surface area contributed by atoms with Crippen molar-refractivity contribution in [1.82, 2.24) is 0 Å². The predicted molar refractivity (Wildman–Crippen MR) is 127 cm³/mol. The van der Waals surface area contributed by atoms with Gasteiger partial charge in [0.05, 0.1) is 22.7 Å². The van der Waals surface area contributed by atoms with Crippen LogP contribution < -0.4 is 20.4 Å². The molecule has 0 amide bonds. The van der Waals surface area contributed by atoms with Gasteiger partial charge in [-0.2, -0.15) is 0 Å². The summed E-state index contributed by atoms with van der Waals surface area (Å²) in [6.07, 6.45) is 7.43. The van der Waals surface area contributed by atoms with Crippen molar-refractivity contribution in [2.45, 2.75) is 51.5 Å². The first-order chi connectivity index (χ1) is 14.3. The molecule has 0 fully saturated rings. The fourth-order valence-corrected chi connectivity index (χ4v) is 4.77. The third kappa shape index (κ3) is 4.98. The summed E-state index contributed by atoms with van der Waals surface area (Å²) in [6.45, 7) is 8.02. The molecule has 1 atom stereocenters. The van der Waals surface area contributed by atoms with Gasteiger partial charge in [0.15, 0.2) is 0 Å². The third-order valence-electron chi connectivity index (χ3n) is 6.24. The zero-order valence-electron chi connectivity index (χ0n) is 17.9. The predicted octanol–water partition coefficient (Wildman–Crippen LogP) is 5.58. The zero-order chi connectivity index (χ0) is 19.9. The van der Waals surface area contributed by atoms with Crippen LogP contribution >= 0.6 is 0 Å². The highest BCUT2D eigenvalue weighted by molar-refractivity contribution is 5.72. The first-order valence-electron chi connectivity index (χ1n) is 11.5. The van der Waals surface area contributed by atoms with Gasteiger partial charge >= 0.3 is 0 Å². The lowest BCUT2D eigenvalue weighted by molar-refractivity contribution is 0.567. The van der Waals surface area contributed by atoms with E-state index in [1.807, 2.05) is 0 Å². The average molecular weight is 393 g/mol. The molecular weight excluding hydrogens is 356 g/mol. The quantitative estimate of drug-likeness (QED) is 0.602. The van der Waals surface area contributed by atoms with Crippen molar-refractivity contribution in [1.29, 1.82) is 0 Å². The van der Waals surface area contributed by atoms with Gasteiger partial charge in [0.25, 0.3) is 0 Å². The van der Waals surface area contributed by atoms with Crippen LogP contribution in [0.1, 0.15) is 45.4 Å². The van der Waals surface area contributed by atoms with E-state index < -0.39 is 0 Å². The van der Waals surface area contributed by atoms with Gasteiger partial charge in [-0.15, -0.1) is 0 Å². The molecule has 4 heteroatoms. The van der Waals surface area contributed by atoms with E-state index in [1.165, 1.54) is 80.9 Å². The summed E-state index contributed by atoms with van der Waals surface area (Å²) < 4.78 is 0. The molecule has 2 N–H and O–H groups in total. The van der Waals surface area contributed by atoms with E-state index in [4.69, 9.17) is 0 Å². The van der Waals surface area contributed by atoms with Gasteiger partial charge in [-0.05, 0) is 62.8 Å². The molecule has 4 rings (SSSR count). The van der Waals surface area contributed by atoms with Crippen molar-refractivity contribution in [2.75, 3.05) is 53.2 Å². The number of hydrogen-bond donors (Lipinski definition) is 2. The highest BCUT2D eigenvalue weighted by Crippen LogP contribution is 2.32. The Morgan fingerprint density at radius 2 is 1.55 bits per heavy atom. The van der Waals surface area contributed by atoms with Crippen LogP contribution in [0.4, 0.5) is 22.7 Å². The van der Waals surface area contributed by atoms with Crippen LogP contribution in [0, 0.1) is 0 Å². The molecule has 0 saturated heterocycles. The maximum atomic E-state index is 3.76. The first-order valence-corrected chi connectivity index (χ1v) is 11.5. The third-order valence-corrected chi connectivity index (χ3v) is 6.24. The molecule has 0 aliphatic carbocycles. The number of unbranched alkanes of at least 4 members (excludes halogenated alkanes) is 1. The molecule has 0 radical (unpaired) electrons. The number of nitrogens with one attached hydrogen (secondary N) is 2. The standard InChI is InChI=1S/C25H36N4/c1-2-17-28-19-9-20-29(25-14-6-5-13-24(25)28)18-8-7-10-21-15-16-26-22-11-3-4-12-23(22)27-21/h3-6,11-14,21,26-27H,2,7-10,15-20H2,1H3. The van der Waals surface area contributed by atoms with Gasteiger partial charge in [-0.1, -0.05) is 31.2 Å². The van der Waals surface area contributed by atoms with Gasteiger partial charge in [-0.3, -0.25) is 0 Å². The Hall–Kier alpha value is -2.36. The summed E-state index contributed by atoms with van der Waals surface area (Å²) in [4.78, 5) is 5.21. The van der Waals surface area contributed by atoms with Crippen LogP contribution in [0.2, 0.25) is 0 Å². The molecule has 29 heavy (non-hydrogen) atoms. The minimum absolute atomic E-state index is 0.572. The lowest BCUT2D eigenvalue weighted by atomic mass is 10.1. The lowest BCUT2D eigenvalue weighted by Gasteiger charge is -2.27. The molecule has 0 bridgehead atoms. The molecule has 0 spiro atoms. The topological polar surface area (TPSA) is 30.5 Å². The number of hydrogen-bond acceptors (Lipinski definition) is 4. The highest BCUT2D eigenvalue weighted by Gasteiger charge is 2.20. The number of fused-ring (bicyclic) bond motifs is 2. The Morgan fingerprint density at radius 3 is 2.31 bits per heavy atom. The Labute approximate surface area is 176 Å². The molecule has 4 nitrogen and oxygen atoms in total. The molecule has 2 aliphatic heterocycles. The summed E-state index contributed by atoms with van der Waals surface area (Å²) in [5.41, 5.74) is 5.37. The van der Waals surface area contributed by atoms with Gasteiger partial charge < -0.3 is 20.4 Å². The lowest BCUT2D eigenvalue weighted by Crippen LogP contribution is -2.26. The summed E-state index contributed by atoms with van der Waals surface area (Å²) in [7, 11) is 0. The van der Waals surface area contributed by atoms with E-state index >= 15 is 0 Å². The van der Waals surface area contributed by atoms with Crippen molar-refractivity contribution >= 4 is 22.7 Å². The molecule has 2 aromatic carbocycles. The first kappa shape index (κ1) is 19.9. The van der Waals surface area contributed by atoms with E-state index in [-0.39, 0.29) is 0 Å². The van der Waals surface area contributed by atoms with E-state index in [0.29, 0.717) is 6.04 Å². The SMILES string of the molecule is CCCN1CCCN(CCCCC2CCNc3ccccc3N2)c2ccccc21. The normalized spacial score (nSPS) is 18.7. The molecular formula is C25H36N4. The van der Waals surface area contributed by atoms with Gasteiger partial charge in [0.2, 0.25) is 0 Å². The smallest absolute Gasteiger partial charge is 0.0604 e. The molecule has 2 aromatic rings. The largest absolute Gasteiger partial charge is 0.383 e. The van der Waals surface area contributed by atoms with Crippen molar-refractivity contribution in [3.8, 4) is 0 Å². The van der Waals surface area contributed by atoms with E-state index in [0.717, 1.165) is 13.1 Å². The molecule has 0 saturated carbocycles. The zero-order valence-corrected chi connectivity index (χ0v) is 17.9. The van der Waals surface area contributed by atoms with E-state index in [1.54, 1.807) is 0 Å². The minimum atomic E-state index is 0.572. The Bertz CT molecular complexity index is 775. The maximum absolute atomic E-state index is 3.76. The molecule has 2 heterocycles. The second-order valence-electron chi connectivity index (χ2n) is 8.41. The maximum Gasteiger partial charge on any atom is 0.0604 e. The van der Waals surface area contributed by atoms with E-state index in [2.05, 4.69) is 75.9 Å². The van der Waals surface area contributed by atoms with Crippen LogP contribution in [0.25, 0.3) is 0 Å². The fourth-order valence-electron chi connectivity index (χ4n) is 4.77. The van der Waals surface area contributed by atoms with Crippen molar-refractivity contribution < 1.29 is 0 Å². The Balaban J connectivity index is 1.31.